The molecule has 0 fully saturated rings. The maximum Gasteiger partial charge on any atom is 0.242 e. The lowest BCUT2D eigenvalue weighted by Gasteiger charge is -2.17. The Balaban J connectivity index is 2.54. The maximum absolute atomic E-state index is 6.04. The van der Waals surface area contributed by atoms with Crippen molar-refractivity contribution in [1.82, 2.24) is 9.97 Å². The highest BCUT2D eigenvalue weighted by Gasteiger charge is 2.12. The van der Waals surface area contributed by atoms with E-state index in [0.717, 1.165) is 6.42 Å². The van der Waals surface area contributed by atoms with Gasteiger partial charge in [-0.1, -0.05) is 32.6 Å². The highest BCUT2D eigenvalue weighted by Crippen LogP contribution is 2.26. The molecule has 5 heteroatoms. The van der Waals surface area contributed by atoms with E-state index in [1.54, 1.807) is 0 Å². The first-order valence-electron chi connectivity index (χ1n) is 7.58. The summed E-state index contributed by atoms with van der Waals surface area (Å²) in [4.78, 5) is 8.28. The Bertz CT molecular complexity index is 395. The van der Waals surface area contributed by atoms with E-state index in [4.69, 9.17) is 10.5 Å². The number of anilines is 2. The van der Waals surface area contributed by atoms with E-state index in [0.29, 0.717) is 23.4 Å². The Morgan fingerprint density at radius 3 is 2.60 bits per heavy atom. The summed E-state index contributed by atoms with van der Waals surface area (Å²) in [5, 5.41) is 3.34. The number of nitrogen functional groups attached to an aromatic ring is 1. The first-order valence-corrected chi connectivity index (χ1v) is 7.58. The van der Waals surface area contributed by atoms with Crippen molar-refractivity contribution in [3.05, 3.63) is 6.33 Å². The predicted octanol–water partition coefficient (Wildman–Crippen LogP) is 3.62. The summed E-state index contributed by atoms with van der Waals surface area (Å²) in [6, 6.07) is 0.343. The smallest absolute Gasteiger partial charge is 0.242 e. The van der Waals surface area contributed by atoms with Gasteiger partial charge in [0.05, 0.1) is 6.10 Å². The van der Waals surface area contributed by atoms with Gasteiger partial charge in [0.2, 0.25) is 5.88 Å². The largest absolute Gasteiger partial charge is 0.473 e. The van der Waals surface area contributed by atoms with Gasteiger partial charge in [0, 0.05) is 6.04 Å². The molecule has 1 aromatic rings. The van der Waals surface area contributed by atoms with Crippen molar-refractivity contribution < 1.29 is 4.74 Å². The van der Waals surface area contributed by atoms with Crippen molar-refractivity contribution in [3.8, 4) is 5.88 Å². The average molecular weight is 280 g/mol. The molecule has 0 spiro atoms. The first kappa shape index (κ1) is 16.5. The number of hydrogen-bond acceptors (Lipinski definition) is 5. The Morgan fingerprint density at radius 2 is 1.95 bits per heavy atom. The van der Waals surface area contributed by atoms with E-state index in [9.17, 15) is 0 Å². The Kier molecular flexibility index (Phi) is 7.12. The molecule has 0 aliphatic carbocycles. The van der Waals surface area contributed by atoms with E-state index in [2.05, 4.69) is 29.1 Å². The average Bonchev–Trinajstić information content (AvgIpc) is 2.39. The van der Waals surface area contributed by atoms with E-state index in [-0.39, 0.29) is 6.10 Å². The molecule has 3 N–H and O–H groups in total. The lowest BCUT2D eigenvalue weighted by atomic mass is 10.1. The number of nitrogens with two attached hydrogens (primary N) is 1. The van der Waals surface area contributed by atoms with Crippen LogP contribution in [0.15, 0.2) is 6.33 Å². The number of nitrogens with zero attached hydrogens (tertiary/aromatic N) is 2. The third-order valence-electron chi connectivity index (χ3n) is 3.07. The molecule has 0 saturated carbocycles. The zero-order valence-corrected chi connectivity index (χ0v) is 13.1. The topological polar surface area (TPSA) is 73.1 Å². The molecule has 0 amide bonds. The highest BCUT2D eigenvalue weighted by atomic mass is 16.5. The second-order valence-corrected chi connectivity index (χ2v) is 5.50. The number of rotatable bonds is 9. The molecule has 20 heavy (non-hydrogen) atoms. The zero-order chi connectivity index (χ0) is 15.0. The molecule has 1 aromatic heterocycles. The molecule has 0 radical (unpaired) electrons. The molecule has 0 aliphatic heterocycles. The molecule has 1 atom stereocenters. The highest BCUT2D eigenvalue weighted by molar-refractivity contribution is 5.66. The van der Waals surface area contributed by atoms with Gasteiger partial charge in [-0.05, 0) is 27.2 Å². The molecular formula is C15H28N4O. The van der Waals surface area contributed by atoms with E-state index in [1.165, 1.54) is 32.0 Å². The fraction of sp³-hybridized carbons (Fsp3) is 0.733. The fourth-order valence-corrected chi connectivity index (χ4v) is 1.99. The second kappa shape index (κ2) is 8.61. The summed E-state index contributed by atoms with van der Waals surface area (Å²) in [6.07, 6.45) is 7.72. The Hall–Kier alpha value is -1.52. The van der Waals surface area contributed by atoms with Gasteiger partial charge in [0.15, 0.2) is 5.82 Å². The number of nitrogens with one attached hydrogen (secondary N) is 1. The third kappa shape index (κ3) is 5.63. The number of hydrogen-bond donors (Lipinski definition) is 2. The van der Waals surface area contributed by atoms with Crippen molar-refractivity contribution in [2.24, 2.45) is 0 Å². The van der Waals surface area contributed by atoms with E-state index in [1.807, 2.05) is 13.8 Å². The molecule has 0 aliphatic rings. The van der Waals surface area contributed by atoms with Crippen LogP contribution in [0.5, 0.6) is 5.88 Å². The van der Waals surface area contributed by atoms with Crippen molar-refractivity contribution in [3.63, 3.8) is 0 Å². The van der Waals surface area contributed by atoms with Gasteiger partial charge in [0.1, 0.15) is 12.0 Å². The van der Waals surface area contributed by atoms with Gasteiger partial charge in [-0.25, -0.2) is 4.98 Å². The molecule has 114 valence electrons. The Morgan fingerprint density at radius 1 is 1.20 bits per heavy atom. The lowest BCUT2D eigenvalue weighted by Crippen LogP contribution is -2.18. The minimum Gasteiger partial charge on any atom is -0.473 e. The zero-order valence-electron chi connectivity index (χ0n) is 13.1. The molecule has 0 bridgehead atoms. The van der Waals surface area contributed by atoms with Gasteiger partial charge in [-0.2, -0.15) is 4.98 Å². The molecule has 0 saturated heterocycles. The third-order valence-corrected chi connectivity index (χ3v) is 3.07. The summed E-state index contributed by atoms with van der Waals surface area (Å²) in [6.45, 7) is 8.27. The van der Waals surface area contributed by atoms with E-state index >= 15 is 0 Å². The minimum atomic E-state index is 0.0477. The molecule has 0 aromatic carbocycles. The molecule has 1 heterocycles. The van der Waals surface area contributed by atoms with Crippen LogP contribution in [-0.4, -0.2) is 22.1 Å². The summed E-state index contributed by atoms with van der Waals surface area (Å²) in [5.41, 5.74) is 6.53. The van der Waals surface area contributed by atoms with Crippen LogP contribution in [0.25, 0.3) is 0 Å². The van der Waals surface area contributed by atoms with Gasteiger partial charge < -0.3 is 15.8 Å². The van der Waals surface area contributed by atoms with Crippen LogP contribution < -0.4 is 15.8 Å². The number of unbranched alkanes of at least 4 members (excludes halogenated alkanes) is 3. The van der Waals surface area contributed by atoms with Gasteiger partial charge in [0.25, 0.3) is 0 Å². The van der Waals surface area contributed by atoms with Crippen LogP contribution in [0.4, 0.5) is 11.5 Å². The first-order chi connectivity index (χ1) is 9.54. The van der Waals surface area contributed by atoms with Crippen LogP contribution in [0.2, 0.25) is 0 Å². The summed E-state index contributed by atoms with van der Waals surface area (Å²) < 4.78 is 5.56. The van der Waals surface area contributed by atoms with Crippen molar-refractivity contribution in [2.75, 3.05) is 11.1 Å². The standard InChI is InChI=1S/C15H28N4O/c1-5-6-7-8-9-12(4)19-14-13(16)15(18-10-17-14)20-11(2)3/h10-12H,5-9,16H2,1-4H3,(H,17,18,19). The number of aromatic nitrogens is 2. The molecular weight excluding hydrogens is 252 g/mol. The maximum atomic E-state index is 6.04. The van der Waals surface area contributed by atoms with Crippen LogP contribution in [-0.2, 0) is 0 Å². The second-order valence-electron chi connectivity index (χ2n) is 5.50. The molecule has 1 rings (SSSR count). The van der Waals surface area contributed by atoms with Crippen molar-refractivity contribution in [1.29, 1.82) is 0 Å². The quantitative estimate of drug-likeness (QED) is 0.676. The monoisotopic (exact) mass is 280 g/mol. The van der Waals surface area contributed by atoms with Crippen LogP contribution >= 0.6 is 0 Å². The minimum absolute atomic E-state index is 0.0477. The van der Waals surface area contributed by atoms with Crippen molar-refractivity contribution >= 4 is 11.5 Å². The van der Waals surface area contributed by atoms with Crippen LogP contribution in [0.1, 0.15) is 59.8 Å². The number of ether oxygens (including phenoxy) is 1. The van der Waals surface area contributed by atoms with Crippen LogP contribution in [0.3, 0.4) is 0 Å². The van der Waals surface area contributed by atoms with Crippen LogP contribution in [0, 0.1) is 0 Å². The van der Waals surface area contributed by atoms with Crippen molar-refractivity contribution in [2.45, 2.75) is 71.9 Å². The normalized spacial score (nSPS) is 12.4. The summed E-state index contributed by atoms with van der Waals surface area (Å²) in [7, 11) is 0. The Labute approximate surface area is 122 Å². The molecule has 5 nitrogen and oxygen atoms in total. The summed E-state index contributed by atoms with van der Waals surface area (Å²) >= 11 is 0. The van der Waals surface area contributed by atoms with Gasteiger partial charge in [-0.3, -0.25) is 0 Å². The van der Waals surface area contributed by atoms with Gasteiger partial charge in [-0.15, -0.1) is 0 Å². The van der Waals surface area contributed by atoms with E-state index < -0.39 is 0 Å². The lowest BCUT2D eigenvalue weighted by molar-refractivity contribution is 0.234. The summed E-state index contributed by atoms with van der Waals surface area (Å²) in [5.74, 6) is 1.12. The predicted molar refractivity (Wildman–Crippen MR) is 84.1 cm³/mol. The molecule has 1 unspecified atom stereocenters. The van der Waals surface area contributed by atoms with Gasteiger partial charge >= 0.3 is 0 Å². The fourth-order valence-electron chi connectivity index (χ4n) is 1.99. The SMILES string of the molecule is CCCCCCC(C)Nc1ncnc(OC(C)C)c1N.